The molecule has 2 aromatic carbocycles. The second kappa shape index (κ2) is 8.15. The molecule has 0 spiro atoms. The Morgan fingerprint density at radius 1 is 1.10 bits per heavy atom. The molecule has 8 heteroatoms. The van der Waals surface area contributed by atoms with Gasteiger partial charge in [-0.15, -0.1) is 11.3 Å². The van der Waals surface area contributed by atoms with E-state index in [2.05, 4.69) is 15.6 Å². The molecule has 0 aliphatic heterocycles. The highest BCUT2D eigenvalue weighted by Gasteiger charge is 2.10. The number of anilines is 2. The number of methoxy groups -OCH3 is 1. The number of thiazole rings is 1. The Kier molecular flexibility index (Phi) is 5.26. The summed E-state index contributed by atoms with van der Waals surface area (Å²) in [6.07, 6.45) is 3.50. The van der Waals surface area contributed by atoms with E-state index in [0.29, 0.717) is 16.4 Å². The van der Waals surface area contributed by atoms with Gasteiger partial charge < -0.3 is 14.6 Å². The SMILES string of the molecule is COc1ccc2c(ccn2CC(=O)Nc2ccc(C(=O)Nc3nccs3)cc2)c1. The highest BCUT2D eigenvalue weighted by Crippen LogP contribution is 2.22. The smallest absolute Gasteiger partial charge is 0.257 e. The number of nitrogens with zero attached hydrogens (tertiary/aromatic N) is 2. The third-order valence-electron chi connectivity index (χ3n) is 4.38. The molecule has 0 saturated heterocycles. The minimum atomic E-state index is -0.243. The highest BCUT2D eigenvalue weighted by molar-refractivity contribution is 7.13. The third kappa shape index (κ3) is 4.27. The lowest BCUT2D eigenvalue weighted by atomic mass is 10.2. The van der Waals surface area contributed by atoms with Crippen molar-refractivity contribution in [3.8, 4) is 5.75 Å². The van der Waals surface area contributed by atoms with E-state index in [1.54, 1.807) is 43.0 Å². The van der Waals surface area contributed by atoms with Crippen molar-refractivity contribution in [1.29, 1.82) is 0 Å². The molecule has 0 saturated carbocycles. The lowest BCUT2D eigenvalue weighted by Crippen LogP contribution is -2.18. The molecule has 0 unspecified atom stereocenters. The topological polar surface area (TPSA) is 85.2 Å². The fourth-order valence-corrected chi connectivity index (χ4v) is 3.48. The van der Waals surface area contributed by atoms with Gasteiger partial charge in [-0.05, 0) is 48.5 Å². The summed E-state index contributed by atoms with van der Waals surface area (Å²) in [5.74, 6) is 0.379. The summed E-state index contributed by atoms with van der Waals surface area (Å²) >= 11 is 1.35. The zero-order chi connectivity index (χ0) is 20.2. The van der Waals surface area contributed by atoms with Gasteiger partial charge in [0.2, 0.25) is 5.91 Å². The Balaban J connectivity index is 1.39. The van der Waals surface area contributed by atoms with Crippen molar-refractivity contribution < 1.29 is 14.3 Å². The van der Waals surface area contributed by atoms with Crippen LogP contribution in [-0.4, -0.2) is 28.5 Å². The van der Waals surface area contributed by atoms with E-state index in [1.807, 2.05) is 35.0 Å². The van der Waals surface area contributed by atoms with Crippen LogP contribution in [0.2, 0.25) is 0 Å². The van der Waals surface area contributed by atoms with Gasteiger partial charge in [0.15, 0.2) is 5.13 Å². The average molecular weight is 406 g/mol. The summed E-state index contributed by atoms with van der Waals surface area (Å²) in [7, 11) is 1.62. The molecular formula is C21H18N4O3S. The summed E-state index contributed by atoms with van der Waals surface area (Å²) in [6.45, 7) is 0.183. The Labute approximate surface area is 171 Å². The molecule has 7 nitrogen and oxygen atoms in total. The van der Waals surface area contributed by atoms with Crippen LogP contribution in [-0.2, 0) is 11.3 Å². The number of ether oxygens (including phenoxy) is 1. The Morgan fingerprint density at radius 2 is 1.93 bits per heavy atom. The third-order valence-corrected chi connectivity index (χ3v) is 5.06. The van der Waals surface area contributed by atoms with Crippen molar-refractivity contribution in [2.24, 2.45) is 0 Å². The molecule has 0 radical (unpaired) electrons. The molecule has 2 heterocycles. The van der Waals surface area contributed by atoms with Gasteiger partial charge in [-0.1, -0.05) is 0 Å². The number of aromatic nitrogens is 2. The van der Waals surface area contributed by atoms with Gasteiger partial charge in [-0.2, -0.15) is 0 Å². The molecule has 4 aromatic rings. The first-order valence-electron chi connectivity index (χ1n) is 8.86. The number of nitrogens with one attached hydrogen (secondary N) is 2. The Bertz CT molecular complexity index is 1150. The van der Waals surface area contributed by atoms with E-state index in [1.165, 1.54) is 11.3 Å². The van der Waals surface area contributed by atoms with E-state index in [9.17, 15) is 9.59 Å². The predicted molar refractivity (Wildman–Crippen MR) is 114 cm³/mol. The maximum Gasteiger partial charge on any atom is 0.257 e. The van der Waals surface area contributed by atoms with Crippen LogP contribution in [0.5, 0.6) is 5.75 Å². The average Bonchev–Trinajstić information content (AvgIpc) is 3.38. The lowest BCUT2D eigenvalue weighted by Gasteiger charge is -2.09. The fraction of sp³-hybridized carbons (Fsp3) is 0.0952. The van der Waals surface area contributed by atoms with Gasteiger partial charge in [0.25, 0.3) is 5.91 Å². The molecule has 4 rings (SSSR count). The predicted octanol–water partition coefficient (Wildman–Crippen LogP) is 4.00. The maximum absolute atomic E-state index is 12.4. The first-order chi connectivity index (χ1) is 14.1. The zero-order valence-corrected chi connectivity index (χ0v) is 16.4. The number of amides is 2. The molecule has 0 atom stereocenters. The molecule has 2 N–H and O–H groups in total. The van der Waals surface area contributed by atoms with Gasteiger partial charge in [-0.25, -0.2) is 4.98 Å². The van der Waals surface area contributed by atoms with Crippen molar-refractivity contribution in [1.82, 2.24) is 9.55 Å². The largest absolute Gasteiger partial charge is 0.497 e. The van der Waals surface area contributed by atoms with E-state index in [4.69, 9.17) is 4.74 Å². The molecule has 0 aliphatic rings. The van der Waals surface area contributed by atoms with Crippen LogP contribution in [0.4, 0.5) is 10.8 Å². The maximum atomic E-state index is 12.4. The molecule has 0 bridgehead atoms. The van der Waals surface area contributed by atoms with E-state index < -0.39 is 0 Å². The number of carbonyl (C=O) groups is 2. The first-order valence-corrected chi connectivity index (χ1v) is 9.74. The molecule has 29 heavy (non-hydrogen) atoms. The second-order valence-corrected chi connectivity index (χ2v) is 7.18. The van der Waals surface area contributed by atoms with Crippen LogP contribution in [0.25, 0.3) is 10.9 Å². The van der Waals surface area contributed by atoms with Crippen molar-refractivity contribution in [3.63, 3.8) is 0 Å². The number of hydrogen-bond acceptors (Lipinski definition) is 5. The van der Waals surface area contributed by atoms with Gasteiger partial charge in [0, 0.05) is 39.9 Å². The summed E-state index contributed by atoms with van der Waals surface area (Å²) in [5, 5.41) is 8.92. The molecule has 0 aliphatic carbocycles. The highest BCUT2D eigenvalue weighted by atomic mass is 32.1. The fourth-order valence-electron chi connectivity index (χ4n) is 2.96. The van der Waals surface area contributed by atoms with Crippen molar-refractivity contribution in [2.45, 2.75) is 6.54 Å². The standard InChI is InChI=1S/C21H18N4O3S/c1-28-17-6-7-18-15(12-17)8-10-25(18)13-19(26)23-16-4-2-14(3-5-16)20(27)24-21-22-9-11-29-21/h2-12H,13H2,1H3,(H,23,26)(H,22,24,27). The van der Waals surface area contributed by atoms with Crippen LogP contribution in [0.1, 0.15) is 10.4 Å². The normalized spacial score (nSPS) is 10.7. The van der Waals surface area contributed by atoms with Gasteiger partial charge in [0.05, 0.1) is 7.11 Å². The summed E-state index contributed by atoms with van der Waals surface area (Å²) in [4.78, 5) is 28.6. The number of hydrogen-bond donors (Lipinski definition) is 2. The van der Waals surface area contributed by atoms with Crippen LogP contribution in [0.3, 0.4) is 0 Å². The minimum absolute atomic E-state index is 0.154. The van der Waals surface area contributed by atoms with Crippen LogP contribution >= 0.6 is 11.3 Å². The van der Waals surface area contributed by atoms with Crippen molar-refractivity contribution >= 4 is 44.9 Å². The van der Waals surface area contributed by atoms with E-state index >= 15 is 0 Å². The van der Waals surface area contributed by atoms with Crippen molar-refractivity contribution in [3.05, 3.63) is 71.9 Å². The van der Waals surface area contributed by atoms with E-state index in [0.717, 1.165) is 16.7 Å². The first kappa shape index (κ1) is 18.7. The lowest BCUT2D eigenvalue weighted by molar-refractivity contribution is -0.116. The minimum Gasteiger partial charge on any atom is -0.497 e. The Hall–Kier alpha value is -3.65. The van der Waals surface area contributed by atoms with Crippen LogP contribution in [0.15, 0.2) is 66.3 Å². The zero-order valence-electron chi connectivity index (χ0n) is 15.6. The quantitative estimate of drug-likeness (QED) is 0.507. The summed E-state index contributed by atoms with van der Waals surface area (Å²) < 4.78 is 7.10. The summed E-state index contributed by atoms with van der Waals surface area (Å²) in [6, 6.07) is 14.4. The Morgan fingerprint density at radius 3 is 2.66 bits per heavy atom. The van der Waals surface area contributed by atoms with Crippen LogP contribution in [0, 0.1) is 0 Å². The van der Waals surface area contributed by atoms with Crippen LogP contribution < -0.4 is 15.4 Å². The molecule has 0 fully saturated rings. The van der Waals surface area contributed by atoms with Crippen molar-refractivity contribution in [2.75, 3.05) is 17.7 Å². The van der Waals surface area contributed by atoms with Gasteiger partial charge in [0.1, 0.15) is 12.3 Å². The van der Waals surface area contributed by atoms with Gasteiger partial charge in [-0.3, -0.25) is 14.9 Å². The second-order valence-electron chi connectivity index (χ2n) is 6.29. The number of benzene rings is 2. The number of rotatable bonds is 6. The molecular weight excluding hydrogens is 388 g/mol. The number of fused-ring (bicyclic) bond motifs is 1. The van der Waals surface area contributed by atoms with E-state index in [-0.39, 0.29) is 18.4 Å². The monoisotopic (exact) mass is 406 g/mol. The summed E-state index contributed by atoms with van der Waals surface area (Å²) in [5.41, 5.74) is 2.07. The molecule has 2 amide bonds. The molecule has 2 aromatic heterocycles. The number of carbonyl (C=O) groups excluding carboxylic acids is 2. The van der Waals surface area contributed by atoms with Gasteiger partial charge >= 0.3 is 0 Å². The molecule has 146 valence electrons.